The summed E-state index contributed by atoms with van der Waals surface area (Å²) in [7, 11) is 1.78. The largest absolute Gasteiger partial charge is 0.480 e. The molecule has 0 aliphatic carbocycles. The molecule has 2 rings (SSSR count). The second-order valence-corrected chi connectivity index (χ2v) is 4.21. The number of rotatable bonds is 3. The smallest absolute Gasteiger partial charge is 0.326 e. The van der Waals surface area contributed by atoms with Crippen LogP contribution in [0.5, 0.6) is 0 Å². The second kappa shape index (κ2) is 5.03. The van der Waals surface area contributed by atoms with E-state index in [-0.39, 0.29) is 12.6 Å². The monoisotopic (exact) mass is 253 g/mol. The Kier molecular flexibility index (Phi) is 3.45. The van der Waals surface area contributed by atoms with Gasteiger partial charge >= 0.3 is 12.0 Å². The van der Waals surface area contributed by atoms with E-state index in [1.807, 2.05) is 0 Å². The van der Waals surface area contributed by atoms with Crippen molar-refractivity contribution in [2.75, 3.05) is 6.54 Å². The third-order valence-electron chi connectivity index (χ3n) is 3.00. The third-order valence-corrected chi connectivity index (χ3v) is 3.00. The van der Waals surface area contributed by atoms with Crippen molar-refractivity contribution in [3.63, 3.8) is 0 Å². The van der Waals surface area contributed by atoms with Crippen LogP contribution in [0.1, 0.15) is 18.7 Å². The molecule has 0 saturated carbocycles. The quantitative estimate of drug-likeness (QED) is 0.761. The molecule has 2 heterocycles. The van der Waals surface area contributed by atoms with Gasteiger partial charge in [-0.25, -0.2) is 9.59 Å². The lowest BCUT2D eigenvalue weighted by Gasteiger charge is -2.21. The minimum absolute atomic E-state index is 0.234. The number of amides is 2. The van der Waals surface area contributed by atoms with Crippen molar-refractivity contribution in [1.29, 1.82) is 0 Å². The molecule has 18 heavy (non-hydrogen) atoms. The van der Waals surface area contributed by atoms with E-state index in [0.717, 1.165) is 0 Å². The molecule has 8 nitrogen and oxygen atoms in total. The van der Waals surface area contributed by atoms with Crippen LogP contribution in [0.2, 0.25) is 0 Å². The first-order valence-corrected chi connectivity index (χ1v) is 5.69. The van der Waals surface area contributed by atoms with Crippen LogP contribution in [0.25, 0.3) is 0 Å². The van der Waals surface area contributed by atoms with Crippen LogP contribution in [0.15, 0.2) is 6.33 Å². The highest BCUT2D eigenvalue weighted by Gasteiger charge is 2.33. The molecule has 1 saturated heterocycles. The maximum absolute atomic E-state index is 11.9. The van der Waals surface area contributed by atoms with Crippen LogP contribution in [0.4, 0.5) is 4.79 Å². The first kappa shape index (κ1) is 12.3. The maximum atomic E-state index is 11.9. The molecule has 0 unspecified atom stereocenters. The van der Waals surface area contributed by atoms with Crippen molar-refractivity contribution >= 4 is 12.0 Å². The Labute approximate surface area is 104 Å². The van der Waals surface area contributed by atoms with Gasteiger partial charge in [0.05, 0.1) is 6.54 Å². The van der Waals surface area contributed by atoms with Crippen molar-refractivity contribution in [2.45, 2.75) is 25.4 Å². The topological polar surface area (TPSA) is 100 Å². The van der Waals surface area contributed by atoms with Crippen LogP contribution >= 0.6 is 0 Å². The summed E-state index contributed by atoms with van der Waals surface area (Å²) in [5.74, 6) is -0.337. The molecule has 0 bridgehead atoms. The van der Waals surface area contributed by atoms with Gasteiger partial charge in [0.2, 0.25) is 0 Å². The van der Waals surface area contributed by atoms with Gasteiger partial charge in [-0.1, -0.05) is 0 Å². The lowest BCUT2D eigenvalue weighted by Crippen LogP contribution is -2.45. The minimum Gasteiger partial charge on any atom is -0.480 e. The zero-order chi connectivity index (χ0) is 13.1. The Morgan fingerprint density at radius 1 is 1.61 bits per heavy atom. The number of nitrogens with one attached hydrogen (secondary N) is 1. The number of hydrogen-bond donors (Lipinski definition) is 2. The molecular formula is C10H15N5O3. The Morgan fingerprint density at radius 2 is 2.39 bits per heavy atom. The summed E-state index contributed by atoms with van der Waals surface area (Å²) in [5, 5.41) is 19.2. The van der Waals surface area contributed by atoms with E-state index in [0.29, 0.717) is 25.2 Å². The summed E-state index contributed by atoms with van der Waals surface area (Å²) in [6, 6.07) is -1.09. The molecule has 1 aliphatic heterocycles. The Hall–Kier alpha value is -2.12. The number of nitrogens with zero attached hydrogens (tertiary/aromatic N) is 4. The van der Waals surface area contributed by atoms with Crippen molar-refractivity contribution in [3.05, 3.63) is 12.2 Å². The van der Waals surface area contributed by atoms with E-state index in [4.69, 9.17) is 5.11 Å². The zero-order valence-corrected chi connectivity index (χ0v) is 10.0. The number of carboxylic acid groups (broad SMARTS) is 1. The van der Waals surface area contributed by atoms with Gasteiger partial charge in [-0.2, -0.15) is 0 Å². The van der Waals surface area contributed by atoms with Crippen molar-refractivity contribution in [3.8, 4) is 0 Å². The van der Waals surface area contributed by atoms with E-state index in [9.17, 15) is 9.59 Å². The second-order valence-electron chi connectivity index (χ2n) is 4.21. The van der Waals surface area contributed by atoms with E-state index in [1.165, 1.54) is 11.2 Å². The van der Waals surface area contributed by atoms with Crippen LogP contribution < -0.4 is 5.32 Å². The van der Waals surface area contributed by atoms with Crippen LogP contribution in [-0.4, -0.2) is 49.4 Å². The van der Waals surface area contributed by atoms with Crippen molar-refractivity contribution in [1.82, 2.24) is 25.0 Å². The highest BCUT2D eigenvalue weighted by atomic mass is 16.4. The van der Waals surface area contributed by atoms with Gasteiger partial charge in [-0.15, -0.1) is 10.2 Å². The summed E-state index contributed by atoms with van der Waals surface area (Å²) in [6.45, 7) is 0.708. The molecule has 0 aromatic carbocycles. The first-order chi connectivity index (χ1) is 8.59. The van der Waals surface area contributed by atoms with Gasteiger partial charge < -0.3 is 19.9 Å². The van der Waals surface area contributed by atoms with Crippen LogP contribution in [0, 0.1) is 0 Å². The van der Waals surface area contributed by atoms with Gasteiger partial charge in [0.1, 0.15) is 12.4 Å². The Bertz CT molecular complexity index is 458. The fraction of sp³-hybridized carbons (Fsp3) is 0.600. The normalized spacial score (nSPS) is 18.9. The summed E-state index contributed by atoms with van der Waals surface area (Å²) >= 11 is 0. The number of carbonyl (C=O) groups is 2. The van der Waals surface area contributed by atoms with Gasteiger partial charge in [-0.05, 0) is 12.8 Å². The Morgan fingerprint density at radius 3 is 3.00 bits per heavy atom. The van der Waals surface area contributed by atoms with Gasteiger partial charge in [0.25, 0.3) is 0 Å². The summed E-state index contributed by atoms with van der Waals surface area (Å²) in [4.78, 5) is 24.2. The molecule has 0 spiro atoms. The predicted molar refractivity (Wildman–Crippen MR) is 60.6 cm³/mol. The van der Waals surface area contributed by atoms with E-state index in [2.05, 4.69) is 15.5 Å². The number of carboxylic acids is 1. The predicted octanol–water partition coefficient (Wildman–Crippen LogP) is -0.426. The van der Waals surface area contributed by atoms with E-state index in [1.54, 1.807) is 11.6 Å². The molecule has 2 amide bonds. The fourth-order valence-corrected chi connectivity index (χ4v) is 1.99. The van der Waals surface area contributed by atoms with Crippen molar-refractivity contribution < 1.29 is 14.7 Å². The molecule has 1 aromatic heterocycles. The molecule has 1 aromatic rings. The van der Waals surface area contributed by atoms with Crippen molar-refractivity contribution in [2.24, 2.45) is 7.05 Å². The summed E-state index contributed by atoms with van der Waals surface area (Å²) in [6.07, 6.45) is 2.76. The number of aromatic nitrogens is 3. The minimum atomic E-state index is -0.957. The average molecular weight is 253 g/mol. The van der Waals surface area contributed by atoms with Gasteiger partial charge in [-0.3, -0.25) is 0 Å². The number of urea groups is 1. The zero-order valence-electron chi connectivity index (χ0n) is 10.0. The van der Waals surface area contributed by atoms with Gasteiger partial charge in [0, 0.05) is 13.6 Å². The molecule has 98 valence electrons. The average Bonchev–Trinajstić information content (AvgIpc) is 2.94. The number of carbonyl (C=O) groups excluding carboxylic acids is 1. The number of aliphatic carboxylic acids is 1. The van der Waals surface area contributed by atoms with Crippen LogP contribution in [0.3, 0.4) is 0 Å². The van der Waals surface area contributed by atoms with E-state index < -0.39 is 12.0 Å². The molecule has 8 heteroatoms. The summed E-state index contributed by atoms with van der Waals surface area (Å²) in [5.41, 5.74) is 0. The Balaban J connectivity index is 1.92. The number of aryl methyl sites for hydroxylation is 1. The number of likely N-dealkylation sites (tertiary alicyclic amines) is 1. The lowest BCUT2D eigenvalue weighted by atomic mass is 10.2. The molecule has 2 N–H and O–H groups in total. The number of hydrogen-bond acceptors (Lipinski definition) is 4. The lowest BCUT2D eigenvalue weighted by molar-refractivity contribution is -0.141. The molecular weight excluding hydrogens is 238 g/mol. The summed E-state index contributed by atoms with van der Waals surface area (Å²) < 4.78 is 1.69. The molecule has 1 aliphatic rings. The van der Waals surface area contributed by atoms with Crippen LogP contribution in [-0.2, 0) is 18.4 Å². The molecule has 1 fully saturated rings. The highest BCUT2D eigenvalue weighted by Crippen LogP contribution is 2.17. The van der Waals surface area contributed by atoms with E-state index >= 15 is 0 Å². The molecule has 0 radical (unpaired) electrons. The first-order valence-electron chi connectivity index (χ1n) is 5.69. The van der Waals surface area contributed by atoms with Gasteiger partial charge in [0.15, 0.2) is 5.82 Å². The third kappa shape index (κ3) is 2.41. The SMILES string of the molecule is Cn1cnnc1CNC(=O)N1CCC[C@@H]1C(=O)O. The highest BCUT2D eigenvalue weighted by molar-refractivity contribution is 5.83. The maximum Gasteiger partial charge on any atom is 0.326 e. The standard InChI is InChI=1S/C10H15N5O3/c1-14-6-12-13-8(14)5-11-10(18)15-4-2-3-7(15)9(16)17/h6-7H,2-5H2,1H3,(H,11,18)(H,16,17)/t7-/m1/s1. The molecule has 1 atom stereocenters. The fourth-order valence-electron chi connectivity index (χ4n) is 1.99.